The van der Waals surface area contributed by atoms with Crippen molar-refractivity contribution in [2.45, 2.75) is 76.0 Å². The maximum Gasteiger partial charge on any atom is 0.530 e. The summed E-state index contributed by atoms with van der Waals surface area (Å²) < 4.78 is 39.7. The van der Waals surface area contributed by atoms with Gasteiger partial charge in [-0.2, -0.15) is 0 Å². The second kappa shape index (κ2) is 17.9. The number of benzene rings is 6. The highest BCUT2D eigenvalue weighted by Crippen LogP contribution is 2.54. The lowest BCUT2D eigenvalue weighted by molar-refractivity contribution is 0.378. The second-order valence-electron chi connectivity index (χ2n) is 15.1. The molecule has 0 aliphatic rings. The van der Waals surface area contributed by atoms with E-state index in [1.165, 1.54) is 0 Å². The molecule has 6 rings (SSSR count). The molecule has 0 radical (unpaired) electrons. The highest BCUT2D eigenvalue weighted by atomic mass is 32.2. The first-order valence-electron chi connectivity index (χ1n) is 18.2. The quantitative estimate of drug-likeness (QED) is 0.102. The average molecular weight is 791 g/mol. The van der Waals surface area contributed by atoms with E-state index in [2.05, 4.69) is 79.7 Å². The second-order valence-corrected chi connectivity index (χ2v) is 18.2. The van der Waals surface area contributed by atoms with Crippen LogP contribution in [-0.4, -0.2) is 0 Å². The van der Waals surface area contributed by atoms with Gasteiger partial charge in [-0.3, -0.25) is 0 Å². The van der Waals surface area contributed by atoms with Gasteiger partial charge in [0.25, 0.3) is 0 Å². The van der Waals surface area contributed by atoms with Crippen LogP contribution < -0.4 is 27.1 Å². The summed E-state index contributed by atoms with van der Waals surface area (Å²) in [7, 11) is -3.89. The minimum Gasteiger partial charge on any atom is -0.409 e. The third-order valence-corrected chi connectivity index (χ3v) is 11.4. The Labute approximate surface area is 333 Å². The monoisotopic (exact) mass is 790 g/mol. The highest BCUT2D eigenvalue weighted by molar-refractivity contribution is 7.99. The van der Waals surface area contributed by atoms with E-state index in [1.54, 1.807) is 11.8 Å². The van der Waals surface area contributed by atoms with Crippen molar-refractivity contribution in [2.75, 3.05) is 0 Å². The molecule has 0 amide bonds. The molecule has 284 valence electrons. The standard InChI is InChI=1S/C46H48O6P2S/c1-33-29-39(45(3,4)5)43(51-53(47-35-21-13-9-14-22-35)48-36-23-15-10-16-24-36)41(31-33)55-42-32-34(2)30-40(46(6,7)8)44(42)52-54(49-37-25-17-11-18-26-37)50-38-27-19-12-20-28-38/h9-32H,1-8H3. The molecule has 0 fully saturated rings. The van der Waals surface area contributed by atoms with E-state index < -0.39 is 17.2 Å². The Morgan fingerprint density at radius 1 is 0.382 bits per heavy atom. The molecular weight excluding hydrogens is 743 g/mol. The van der Waals surface area contributed by atoms with Gasteiger partial charge in [0.2, 0.25) is 0 Å². The highest BCUT2D eigenvalue weighted by Gasteiger charge is 2.32. The summed E-state index contributed by atoms with van der Waals surface area (Å²) in [4.78, 5) is 1.80. The van der Waals surface area contributed by atoms with Crippen molar-refractivity contribution < 1.29 is 27.1 Å². The van der Waals surface area contributed by atoms with Crippen molar-refractivity contribution in [3.05, 3.63) is 168 Å². The number of hydrogen-bond donors (Lipinski definition) is 0. The molecule has 0 aliphatic heterocycles. The Morgan fingerprint density at radius 3 is 0.909 bits per heavy atom. The SMILES string of the molecule is Cc1cc(Sc2cc(C)cc(C(C)(C)C)c2OP(Oc2ccccc2)Oc2ccccc2)c(OP(Oc2ccccc2)Oc2ccccc2)c(C(C)(C)C)c1. The Morgan fingerprint density at radius 2 is 0.655 bits per heavy atom. The Balaban J connectivity index is 1.46. The first-order chi connectivity index (χ1) is 26.3. The van der Waals surface area contributed by atoms with E-state index in [0.29, 0.717) is 34.5 Å². The van der Waals surface area contributed by atoms with Crippen molar-refractivity contribution in [3.8, 4) is 34.5 Å². The molecule has 6 nitrogen and oxygen atoms in total. The van der Waals surface area contributed by atoms with E-state index in [4.69, 9.17) is 27.1 Å². The van der Waals surface area contributed by atoms with Gasteiger partial charge in [0.15, 0.2) is 0 Å². The molecule has 6 aromatic rings. The number of para-hydroxylation sites is 4. The van der Waals surface area contributed by atoms with Crippen molar-refractivity contribution in [1.82, 2.24) is 0 Å². The van der Waals surface area contributed by atoms with Crippen LogP contribution in [0.2, 0.25) is 0 Å². The molecule has 0 unspecified atom stereocenters. The fourth-order valence-electron chi connectivity index (χ4n) is 5.58. The lowest BCUT2D eigenvalue weighted by Crippen LogP contribution is -2.15. The summed E-state index contributed by atoms with van der Waals surface area (Å²) >= 11 is 1.59. The van der Waals surface area contributed by atoms with Crippen molar-refractivity contribution in [2.24, 2.45) is 0 Å². The van der Waals surface area contributed by atoms with Gasteiger partial charge >= 0.3 is 17.2 Å². The van der Waals surface area contributed by atoms with E-state index in [-0.39, 0.29) is 10.8 Å². The maximum absolute atomic E-state index is 6.96. The molecule has 0 saturated heterocycles. The zero-order chi connectivity index (χ0) is 39.0. The van der Waals surface area contributed by atoms with Crippen molar-refractivity contribution >= 4 is 29.0 Å². The van der Waals surface area contributed by atoms with Gasteiger partial charge in [0.1, 0.15) is 34.5 Å². The summed E-state index contributed by atoms with van der Waals surface area (Å²) in [5, 5.41) is 0. The fourth-order valence-corrected chi connectivity index (χ4v) is 9.01. The fraction of sp³-hybridized carbons (Fsp3) is 0.217. The molecule has 0 spiro atoms. The Bertz CT molecular complexity index is 1900. The van der Waals surface area contributed by atoms with Crippen LogP contribution in [0.3, 0.4) is 0 Å². The van der Waals surface area contributed by atoms with Crippen molar-refractivity contribution in [3.63, 3.8) is 0 Å². The van der Waals surface area contributed by atoms with Crippen LogP contribution in [0.15, 0.2) is 155 Å². The Hall–Kier alpha value is -4.67. The minimum atomic E-state index is -1.94. The van der Waals surface area contributed by atoms with Crippen LogP contribution >= 0.6 is 29.0 Å². The van der Waals surface area contributed by atoms with E-state index in [9.17, 15) is 0 Å². The number of hydrogen-bond acceptors (Lipinski definition) is 7. The number of aryl methyl sites for hydroxylation is 2. The van der Waals surface area contributed by atoms with Crippen LogP contribution in [0.25, 0.3) is 0 Å². The molecule has 0 aromatic heterocycles. The van der Waals surface area contributed by atoms with Crippen LogP contribution in [0, 0.1) is 13.8 Å². The van der Waals surface area contributed by atoms with Gasteiger partial charge in [-0.25, -0.2) is 0 Å². The molecule has 0 atom stereocenters. The largest absolute Gasteiger partial charge is 0.530 e. The molecule has 0 saturated carbocycles. The van der Waals surface area contributed by atoms with Gasteiger partial charge < -0.3 is 27.1 Å². The third kappa shape index (κ3) is 11.2. The molecule has 55 heavy (non-hydrogen) atoms. The van der Waals surface area contributed by atoms with Gasteiger partial charge in [0, 0.05) is 11.1 Å². The minimum absolute atomic E-state index is 0.277. The lowest BCUT2D eigenvalue weighted by atomic mass is 9.85. The Kier molecular flexibility index (Phi) is 13.0. The molecule has 6 aromatic carbocycles. The molecular formula is C46H48O6P2S. The molecule has 0 N–H and O–H groups in total. The maximum atomic E-state index is 6.96. The van der Waals surface area contributed by atoms with Gasteiger partial charge in [-0.1, -0.05) is 138 Å². The molecule has 0 aliphatic carbocycles. The first-order valence-corrected chi connectivity index (χ1v) is 21.2. The smallest absolute Gasteiger partial charge is 0.409 e. The molecule has 0 heterocycles. The molecule has 0 bridgehead atoms. The summed E-state index contributed by atoms with van der Waals surface area (Å²) in [5.74, 6) is 3.98. The van der Waals surface area contributed by atoms with E-state index in [1.807, 2.05) is 121 Å². The lowest BCUT2D eigenvalue weighted by Gasteiger charge is -2.29. The van der Waals surface area contributed by atoms with Gasteiger partial charge in [-0.15, -0.1) is 0 Å². The van der Waals surface area contributed by atoms with Crippen LogP contribution in [0.4, 0.5) is 0 Å². The average Bonchev–Trinajstić information content (AvgIpc) is 3.14. The van der Waals surface area contributed by atoms with Crippen LogP contribution in [0.1, 0.15) is 63.8 Å². The number of rotatable bonds is 14. The van der Waals surface area contributed by atoms with Crippen LogP contribution in [-0.2, 0) is 10.8 Å². The normalized spacial score (nSPS) is 11.7. The first kappa shape index (κ1) is 40.0. The predicted octanol–water partition coefficient (Wildman–Crippen LogP) is 14.6. The predicted molar refractivity (Wildman–Crippen MR) is 227 cm³/mol. The van der Waals surface area contributed by atoms with Gasteiger partial charge in [-0.05, 0) is 96.5 Å². The zero-order valence-electron chi connectivity index (χ0n) is 32.6. The van der Waals surface area contributed by atoms with E-state index >= 15 is 0 Å². The van der Waals surface area contributed by atoms with Gasteiger partial charge in [0.05, 0.1) is 9.79 Å². The van der Waals surface area contributed by atoms with Crippen molar-refractivity contribution in [1.29, 1.82) is 0 Å². The summed E-state index contributed by atoms with van der Waals surface area (Å²) in [6.07, 6.45) is 0. The summed E-state index contributed by atoms with van der Waals surface area (Å²) in [6, 6.07) is 47.2. The van der Waals surface area contributed by atoms with Crippen LogP contribution in [0.5, 0.6) is 34.5 Å². The summed E-state index contributed by atoms with van der Waals surface area (Å²) in [6.45, 7) is 17.4. The zero-order valence-corrected chi connectivity index (χ0v) is 35.2. The topological polar surface area (TPSA) is 55.4 Å². The summed E-state index contributed by atoms with van der Waals surface area (Å²) in [5.41, 5.74) is 3.71. The third-order valence-electron chi connectivity index (χ3n) is 8.26. The molecule has 9 heteroatoms. The van der Waals surface area contributed by atoms with E-state index in [0.717, 1.165) is 32.0 Å².